The quantitative estimate of drug-likeness (QED) is 0.813. The number of nitrogens with two attached hydrogens (primary N) is 1. The second kappa shape index (κ2) is 5.91. The third kappa shape index (κ3) is 3.24. The number of anilines is 2. The van der Waals surface area contributed by atoms with Gasteiger partial charge < -0.3 is 20.3 Å². The summed E-state index contributed by atoms with van der Waals surface area (Å²) in [5.74, 6) is 1.17. The van der Waals surface area contributed by atoms with Crippen LogP contribution in [0.15, 0.2) is 0 Å². The van der Waals surface area contributed by atoms with Crippen molar-refractivity contribution in [1.29, 1.82) is 0 Å². The second-order valence-corrected chi connectivity index (χ2v) is 4.74. The molecule has 1 rings (SSSR count). The molecule has 0 aromatic carbocycles. The smallest absolute Gasteiger partial charge is 0.197 e. The van der Waals surface area contributed by atoms with Crippen molar-refractivity contribution in [3.63, 3.8) is 0 Å². The molecule has 0 aliphatic heterocycles. The first-order chi connectivity index (χ1) is 7.56. The molecular formula is C10H20N4OS. The molecule has 0 radical (unpaired) electrons. The maximum Gasteiger partial charge on any atom is 0.197 e. The molecule has 16 heavy (non-hydrogen) atoms. The fourth-order valence-corrected chi connectivity index (χ4v) is 2.21. The maximum absolute atomic E-state index is 5.71. The van der Waals surface area contributed by atoms with Crippen molar-refractivity contribution >= 4 is 22.4 Å². The number of nitrogen functional groups attached to an aromatic ring is 1. The van der Waals surface area contributed by atoms with Crippen LogP contribution < -0.4 is 15.4 Å². The Morgan fingerprint density at radius 2 is 2.00 bits per heavy atom. The molecule has 0 unspecified atom stereocenters. The van der Waals surface area contributed by atoms with E-state index in [4.69, 9.17) is 10.5 Å². The minimum atomic E-state index is 0.474. The van der Waals surface area contributed by atoms with Gasteiger partial charge in [0.15, 0.2) is 16.6 Å². The Morgan fingerprint density at radius 3 is 2.56 bits per heavy atom. The lowest BCUT2D eigenvalue weighted by molar-refractivity contribution is 0.400. The first-order valence-electron chi connectivity index (χ1n) is 5.21. The summed E-state index contributed by atoms with van der Waals surface area (Å²) in [6.45, 7) is 2.04. The molecule has 0 fully saturated rings. The SMILES string of the molecule is COc1c(N)nsc1N(C)CCCN(C)C. The summed E-state index contributed by atoms with van der Waals surface area (Å²) in [4.78, 5) is 4.31. The number of ether oxygens (including phenoxy) is 1. The highest BCUT2D eigenvalue weighted by molar-refractivity contribution is 7.11. The average molecular weight is 244 g/mol. The number of rotatable bonds is 6. The molecule has 92 valence electrons. The van der Waals surface area contributed by atoms with Crippen LogP contribution in [0.3, 0.4) is 0 Å². The molecule has 5 nitrogen and oxygen atoms in total. The maximum atomic E-state index is 5.71. The first kappa shape index (κ1) is 13.1. The van der Waals surface area contributed by atoms with Crippen LogP contribution in [0.5, 0.6) is 5.75 Å². The molecule has 1 aromatic heterocycles. The van der Waals surface area contributed by atoms with Gasteiger partial charge in [0.25, 0.3) is 0 Å². The van der Waals surface area contributed by atoms with Crippen LogP contribution >= 0.6 is 11.5 Å². The van der Waals surface area contributed by atoms with Gasteiger partial charge in [-0.1, -0.05) is 0 Å². The minimum Gasteiger partial charge on any atom is -0.490 e. The topological polar surface area (TPSA) is 54.6 Å². The minimum absolute atomic E-state index is 0.474. The molecule has 0 saturated carbocycles. The monoisotopic (exact) mass is 244 g/mol. The lowest BCUT2D eigenvalue weighted by Gasteiger charge is -2.19. The van der Waals surface area contributed by atoms with E-state index in [-0.39, 0.29) is 0 Å². The Hall–Kier alpha value is -1.01. The highest BCUT2D eigenvalue weighted by Gasteiger charge is 2.15. The molecule has 0 aliphatic rings. The van der Waals surface area contributed by atoms with Crippen molar-refractivity contribution in [2.45, 2.75) is 6.42 Å². The zero-order valence-corrected chi connectivity index (χ0v) is 11.2. The van der Waals surface area contributed by atoms with Crippen LogP contribution in [0.4, 0.5) is 10.8 Å². The Bertz CT molecular complexity index is 327. The predicted molar refractivity (Wildman–Crippen MR) is 69.5 cm³/mol. The Balaban J connectivity index is 2.55. The van der Waals surface area contributed by atoms with E-state index in [2.05, 4.69) is 28.3 Å². The molecular weight excluding hydrogens is 224 g/mol. The van der Waals surface area contributed by atoms with Gasteiger partial charge in [-0.15, -0.1) is 0 Å². The Morgan fingerprint density at radius 1 is 1.31 bits per heavy atom. The van der Waals surface area contributed by atoms with Crippen LogP contribution in [0.25, 0.3) is 0 Å². The largest absolute Gasteiger partial charge is 0.490 e. The molecule has 0 amide bonds. The van der Waals surface area contributed by atoms with E-state index in [1.165, 1.54) is 11.5 Å². The van der Waals surface area contributed by atoms with Crippen LogP contribution in [0.2, 0.25) is 0 Å². The summed E-state index contributed by atoms with van der Waals surface area (Å²) in [5.41, 5.74) is 5.71. The van der Waals surface area contributed by atoms with Gasteiger partial charge in [-0.25, -0.2) is 0 Å². The molecule has 1 heterocycles. The van der Waals surface area contributed by atoms with Crippen molar-refractivity contribution in [2.24, 2.45) is 0 Å². The molecule has 0 spiro atoms. The van der Waals surface area contributed by atoms with Crippen LogP contribution in [0.1, 0.15) is 6.42 Å². The van der Waals surface area contributed by atoms with Crippen molar-refractivity contribution in [2.75, 3.05) is 52.0 Å². The lowest BCUT2D eigenvalue weighted by atomic mass is 10.3. The van der Waals surface area contributed by atoms with E-state index in [9.17, 15) is 0 Å². The van der Waals surface area contributed by atoms with Crippen LogP contribution in [-0.2, 0) is 0 Å². The van der Waals surface area contributed by atoms with E-state index >= 15 is 0 Å². The highest BCUT2D eigenvalue weighted by Crippen LogP contribution is 2.37. The van der Waals surface area contributed by atoms with Crippen LogP contribution in [0, 0.1) is 0 Å². The van der Waals surface area contributed by atoms with Gasteiger partial charge in [0.1, 0.15) is 0 Å². The molecule has 0 saturated heterocycles. The van der Waals surface area contributed by atoms with Gasteiger partial charge in [0, 0.05) is 13.6 Å². The summed E-state index contributed by atoms with van der Waals surface area (Å²) < 4.78 is 9.33. The van der Waals surface area contributed by atoms with E-state index in [1.54, 1.807) is 7.11 Å². The van der Waals surface area contributed by atoms with Gasteiger partial charge in [-0.2, -0.15) is 4.37 Å². The average Bonchev–Trinajstić information content (AvgIpc) is 2.58. The Kier molecular flexibility index (Phi) is 4.82. The standard InChI is InChI=1S/C10H20N4OS/c1-13(2)6-5-7-14(3)10-8(15-4)9(11)12-16-10/h5-7H2,1-4H3,(H2,11,12). The fourth-order valence-electron chi connectivity index (χ4n) is 1.45. The summed E-state index contributed by atoms with van der Waals surface area (Å²) in [6, 6.07) is 0. The van der Waals surface area contributed by atoms with Gasteiger partial charge in [0.2, 0.25) is 0 Å². The summed E-state index contributed by atoms with van der Waals surface area (Å²) >= 11 is 1.38. The number of methoxy groups -OCH3 is 1. The summed E-state index contributed by atoms with van der Waals surface area (Å²) in [6.07, 6.45) is 1.10. The molecule has 2 N–H and O–H groups in total. The van der Waals surface area contributed by atoms with E-state index < -0.39 is 0 Å². The third-order valence-corrected chi connectivity index (χ3v) is 3.27. The molecule has 1 aromatic rings. The van der Waals surface area contributed by atoms with E-state index in [0.29, 0.717) is 11.6 Å². The number of hydrogen-bond donors (Lipinski definition) is 1. The molecule has 6 heteroatoms. The van der Waals surface area contributed by atoms with Crippen molar-refractivity contribution < 1.29 is 4.74 Å². The van der Waals surface area contributed by atoms with Gasteiger partial charge >= 0.3 is 0 Å². The molecule has 0 bridgehead atoms. The predicted octanol–water partition coefficient (Wildman–Crippen LogP) is 1.12. The van der Waals surface area contributed by atoms with Gasteiger partial charge in [-0.3, -0.25) is 0 Å². The molecule has 0 aliphatic carbocycles. The van der Waals surface area contributed by atoms with Crippen molar-refractivity contribution in [3.8, 4) is 5.75 Å². The Labute approximate surface area is 101 Å². The lowest BCUT2D eigenvalue weighted by Crippen LogP contribution is -2.23. The highest BCUT2D eigenvalue weighted by atomic mass is 32.1. The number of nitrogens with zero attached hydrogens (tertiary/aromatic N) is 3. The zero-order chi connectivity index (χ0) is 12.1. The fraction of sp³-hybridized carbons (Fsp3) is 0.700. The number of hydrogen-bond acceptors (Lipinski definition) is 6. The molecule has 0 atom stereocenters. The third-order valence-electron chi connectivity index (χ3n) is 2.31. The summed E-state index contributed by atoms with van der Waals surface area (Å²) in [7, 11) is 7.80. The van der Waals surface area contributed by atoms with Crippen molar-refractivity contribution in [3.05, 3.63) is 0 Å². The zero-order valence-electron chi connectivity index (χ0n) is 10.4. The van der Waals surface area contributed by atoms with Gasteiger partial charge in [0.05, 0.1) is 7.11 Å². The van der Waals surface area contributed by atoms with Gasteiger partial charge in [-0.05, 0) is 38.6 Å². The van der Waals surface area contributed by atoms with Crippen LogP contribution in [-0.4, -0.2) is 50.6 Å². The van der Waals surface area contributed by atoms with Crippen molar-refractivity contribution in [1.82, 2.24) is 9.27 Å². The second-order valence-electron chi connectivity index (χ2n) is 3.98. The summed E-state index contributed by atoms with van der Waals surface area (Å²) in [5, 5.41) is 0.999. The van der Waals surface area contributed by atoms with E-state index in [1.807, 2.05) is 7.05 Å². The number of aromatic nitrogens is 1. The normalized spacial score (nSPS) is 10.8. The first-order valence-corrected chi connectivity index (χ1v) is 5.98. The van der Waals surface area contributed by atoms with E-state index in [0.717, 1.165) is 24.5 Å².